The fourth-order valence-corrected chi connectivity index (χ4v) is 2.14. The Morgan fingerprint density at radius 2 is 2.21 bits per heavy atom. The van der Waals surface area contributed by atoms with Crippen molar-refractivity contribution in [2.45, 2.75) is 38.7 Å². The van der Waals surface area contributed by atoms with Gasteiger partial charge in [0.05, 0.1) is 11.9 Å². The number of likely N-dealkylation sites (tertiary alicyclic amines) is 1. The van der Waals surface area contributed by atoms with E-state index in [1.54, 1.807) is 0 Å². The largest absolute Gasteiger partial charge is 0.377 e. The average Bonchev–Trinajstić information content (AvgIpc) is 3.01. The predicted molar refractivity (Wildman–Crippen MR) is 56.7 cm³/mol. The van der Waals surface area contributed by atoms with E-state index < -0.39 is 0 Å². The first-order chi connectivity index (χ1) is 6.81. The zero-order valence-corrected chi connectivity index (χ0v) is 8.96. The molecular weight excluding hydrogens is 176 g/mol. The number of nitrogens with one attached hydrogen (secondary N) is 1. The summed E-state index contributed by atoms with van der Waals surface area (Å²) in [6.07, 6.45) is 5.18. The summed E-state index contributed by atoms with van der Waals surface area (Å²) in [5, 5.41) is 7.99. The van der Waals surface area contributed by atoms with Crippen molar-refractivity contribution in [3.8, 4) is 0 Å². The monoisotopic (exact) mass is 196 g/mol. The lowest BCUT2D eigenvalue weighted by atomic mass is 10.1. The number of piperidine rings is 1. The lowest BCUT2D eigenvalue weighted by Crippen LogP contribution is -2.43. The van der Waals surface area contributed by atoms with Crippen LogP contribution < -0.4 is 0 Å². The van der Waals surface area contributed by atoms with Crippen molar-refractivity contribution in [3.63, 3.8) is 0 Å². The van der Waals surface area contributed by atoms with E-state index in [4.69, 9.17) is 10.1 Å². The molecule has 14 heavy (non-hydrogen) atoms. The second kappa shape index (κ2) is 4.30. The molecule has 0 aromatic rings. The molecule has 0 amide bonds. The van der Waals surface area contributed by atoms with Gasteiger partial charge < -0.3 is 9.64 Å². The summed E-state index contributed by atoms with van der Waals surface area (Å²) in [5.41, 5.74) is 0. The lowest BCUT2D eigenvalue weighted by molar-refractivity contribution is 0.0228. The van der Waals surface area contributed by atoms with Crippen LogP contribution in [-0.2, 0) is 4.74 Å². The van der Waals surface area contributed by atoms with Crippen LogP contribution in [-0.4, -0.2) is 36.5 Å². The quantitative estimate of drug-likeness (QED) is 0.552. The van der Waals surface area contributed by atoms with Gasteiger partial charge in [0.1, 0.15) is 0 Å². The smallest absolute Gasteiger partial charge is 0.0990 e. The summed E-state index contributed by atoms with van der Waals surface area (Å²) in [5.74, 6) is 1.45. The van der Waals surface area contributed by atoms with Crippen LogP contribution in [0.4, 0.5) is 0 Å². The van der Waals surface area contributed by atoms with Gasteiger partial charge in [-0.2, -0.15) is 0 Å². The highest BCUT2D eigenvalue weighted by molar-refractivity contribution is 5.83. The Kier molecular flexibility index (Phi) is 3.06. The molecule has 80 valence electrons. The van der Waals surface area contributed by atoms with Crippen molar-refractivity contribution in [1.82, 2.24) is 4.90 Å². The molecule has 3 heteroatoms. The van der Waals surface area contributed by atoms with Crippen LogP contribution in [0, 0.1) is 11.3 Å². The third-order valence-corrected chi connectivity index (χ3v) is 3.09. The van der Waals surface area contributed by atoms with Crippen molar-refractivity contribution in [1.29, 1.82) is 5.41 Å². The molecule has 0 radical (unpaired) electrons. The molecule has 1 heterocycles. The second-order valence-corrected chi connectivity index (χ2v) is 4.33. The third kappa shape index (κ3) is 2.27. The van der Waals surface area contributed by atoms with Crippen LogP contribution in [0.15, 0.2) is 0 Å². The zero-order valence-electron chi connectivity index (χ0n) is 8.96. The first-order valence-electron chi connectivity index (χ1n) is 5.76. The van der Waals surface area contributed by atoms with Crippen LogP contribution >= 0.6 is 0 Å². The van der Waals surface area contributed by atoms with E-state index in [1.165, 1.54) is 25.7 Å². The maximum atomic E-state index is 7.99. The Morgan fingerprint density at radius 3 is 2.86 bits per heavy atom. The molecule has 0 aromatic heterocycles. The van der Waals surface area contributed by atoms with Gasteiger partial charge in [-0.25, -0.2) is 0 Å². The number of hydrogen-bond donors (Lipinski definition) is 1. The SMILES string of the molecule is CCOC1CCCN(C(=N)C2CC2)C1. The topological polar surface area (TPSA) is 36.3 Å². The summed E-state index contributed by atoms with van der Waals surface area (Å²) in [7, 11) is 0. The van der Waals surface area contributed by atoms with Crippen LogP contribution in [0.3, 0.4) is 0 Å². The van der Waals surface area contributed by atoms with E-state index in [0.717, 1.165) is 25.5 Å². The van der Waals surface area contributed by atoms with Gasteiger partial charge in [-0.05, 0) is 32.6 Å². The van der Waals surface area contributed by atoms with Gasteiger partial charge in [0.2, 0.25) is 0 Å². The molecule has 2 fully saturated rings. The molecule has 0 bridgehead atoms. The first-order valence-corrected chi connectivity index (χ1v) is 5.76. The van der Waals surface area contributed by atoms with E-state index in [2.05, 4.69) is 4.90 Å². The van der Waals surface area contributed by atoms with E-state index in [-0.39, 0.29) is 0 Å². The summed E-state index contributed by atoms with van der Waals surface area (Å²) in [6.45, 7) is 4.86. The van der Waals surface area contributed by atoms with Gasteiger partial charge in [0, 0.05) is 25.6 Å². The molecule has 1 aliphatic heterocycles. The van der Waals surface area contributed by atoms with E-state index in [1.807, 2.05) is 6.92 Å². The third-order valence-electron chi connectivity index (χ3n) is 3.09. The highest BCUT2D eigenvalue weighted by atomic mass is 16.5. The Bertz CT molecular complexity index is 211. The molecule has 2 rings (SSSR count). The minimum Gasteiger partial charge on any atom is -0.377 e. The van der Waals surface area contributed by atoms with Crippen LogP contribution in [0.1, 0.15) is 32.6 Å². The van der Waals surface area contributed by atoms with Crippen LogP contribution in [0.5, 0.6) is 0 Å². The van der Waals surface area contributed by atoms with Crippen LogP contribution in [0.25, 0.3) is 0 Å². The molecule has 0 spiro atoms. The van der Waals surface area contributed by atoms with Gasteiger partial charge in [-0.1, -0.05) is 0 Å². The molecule has 2 aliphatic rings. The normalized spacial score (nSPS) is 27.8. The van der Waals surface area contributed by atoms with Crippen molar-refractivity contribution < 1.29 is 4.74 Å². The number of nitrogens with zero attached hydrogens (tertiary/aromatic N) is 1. The van der Waals surface area contributed by atoms with Crippen molar-refractivity contribution in [3.05, 3.63) is 0 Å². The van der Waals surface area contributed by atoms with E-state index in [9.17, 15) is 0 Å². The molecule has 1 saturated heterocycles. The molecular formula is C11H20N2O. The Hall–Kier alpha value is -0.570. The first kappa shape index (κ1) is 9.97. The number of amidine groups is 1. The highest BCUT2D eigenvalue weighted by Gasteiger charge is 2.32. The van der Waals surface area contributed by atoms with Gasteiger partial charge in [-0.3, -0.25) is 5.41 Å². The molecule has 1 saturated carbocycles. The number of hydrogen-bond acceptors (Lipinski definition) is 2. The highest BCUT2D eigenvalue weighted by Crippen LogP contribution is 2.32. The minimum absolute atomic E-state index is 0.368. The van der Waals surface area contributed by atoms with Gasteiger partial charge in [0.25, 0.3) is 0 Å². The lowest BCUT2D eigenvalue weighted by Gasteiger charge is -2.34. The number of rotatable bonds is 3. The zero-order chi connectivity index (χ0) is 9.97. The van der Waals surface area contributed by atoms with Gasteiger partial charge in [-0.15, -0.1) is 0 Å². The Balaban J connectivity index is 1.83. The van der Waals surface area contributed by atoms with Crippen LogP contribution in [0.2, 0.25) is 0 Å². The van der Waals surface area contributed by atoms with Gasteiger partial charge >= 0.3 is 0 Å². The average molecular weight is 196 g/mol. The second-order valence-electron chi connectivity index (χ2n) is 4.33. The standard InChI is InChI=1S/C11H20N2O/c1-2-14-10-4-3-7-13(8-10)11(12)9-5-6-9/h9-10,12H,2-8H2,1H3. The summed E-state index contributed by atoms with van der Waals surface area (Å²) < 4.78 is 5.63. The molecule has 3 nitrogen and oxygen atoms in total. The minimum atomic E-state index is 0.368. The fraction of sp³-hybridized carbons (Fsp3) is 0.909. The molecule has 1 unspecified atom stereocenters. The van der Waals surface area contributed by atoms with Crippen molar-refractivity contribution >= 4 is 5.84 Å². The summed E-state index contributed by atoms with van der Waals surface area (Å²) >= 11 is 0. The molecule has 1 aliphatic carbocycles. The predicted octanol–water partition coefficient (Wildman–Crippen LogP) is 1.87. The fourth-order valence-electron chi connectivity index (χ4n) is 2.14. The molecule has 1 N–H and O–H groups in total. The van der Waals surface area contributed by atoms with E-state index >= 15 is 0 Å². The molecule has 0 aromatic carbocycles. The van der Waals surface area contributed by atoms with E-state index in [0.29, 0.717) is 12.0 Å². The van der Waals surface area contributed by atoms with Gasteiger partial charge in [0.15, 0.2) is 0 Å². The maximum absolute atomic E-state index is 7.99. The Labute approximate surface area is 85.9 Å². The van der Waals surface area contributed by atoms with Crippen molar-refractivity contribution in [2.75, 3.05) is 19.7 Å². The number of ether oxygens (including phenoxy) is 1. The summed E-state index contributed by atoms with van der Waals surface area (Å²) in [6, 6.07) is 0. The maximum Gasteiger partial charge on any atom is 0.0990 e. The van der Waals surface area contributed by atoms with Crippen molar-refractivity contribution in [2.24, 2.45) is 5.92 Å². The molecule has 1 atom stereocenters. The Morgan fingerprint density at radius 1 is 1.43 bits per heavy atom. The summed E-state index contributed by atoms with van der Waals surface area (Å²) in [4.78, 5) is 2.22.